The highest BCUT2D eigenvalue weighted by atomic mass is 19.1. The van der Waals surface area contributed by atoms with E-state index in [1.807, 2.05) is 24.3 Å². The van der Waals surface area contributed by atoms with Crippen LogP contribution in [0.3, 0.4) is 0 Å². The van der Waals surface area contributed by atoms with Crippen molar-refractivity contribution in [1.82, 2.24) is 9.88 Å². The molecule has 6 heteroatoms. The van der Waals surface area contributed by atoms with Crippen molar-refractivity contribution >= 4 is 23.0 Å². The number of rotatable bonds is 4. The summed E-state index contributed by atoms with van der Waals surface area (Å²) in [5.41, 5.74) is 8.67. The molecule has 4 rings (SSSR count). The van der Waals surface area contributed by atoms with Crippen LogP contribution in [0.25, 0.3) is 21.9 Å². The Bertz CT molecular complexity index is 1020. The number of benzene rings is 2. The monoisotopic (exact) mass is 379 g/mol. The van der Waals surface area contributed by atoms with Gasteiger partial charge >= 0.3 is 0 Å². The fraction of sp³-hybridized carbons (Fsp3) is 0.273. The maximum atomic E-state index is 13.6. The average molecular weight is 379 g/mol. The molecule has 1 aromatic heterocycles. The molecule has 3 N–H and O–H groups in total. The molecule has 2 heterocycles. The van der Waals surface area contributed by atoms with Crippen molar-refractivity contribution in [1.29, 1.82) is 0 Å². The molecule has 0 saturated carbocycles. The number of hydrogen-bond donors (Lipinski definition) is 2. The van der Waals surface area contributed by atoms with Gasteiger partial charge in [-0.2, -0.15) is 0 Å². The lowest BCUT2D eigenvalue weighted by molar-refractivity contribution is -0.122. The van der Waals surface area contributed by atoms with Crippen LogP contribution in [0.15, 0.2) is 48.7 Å². The third kappa shape index (κ3) is 3.31. The van der Waals surface area contributed by atoms with E-state index in [0.717, 1.165) is 40.3 Å². The van der Waals surface area contributed by atoms with Crippen molar-refractivity contribution in [2.24, 2.45) is 5.92 Å². The number of carbonyl (C=O) groups is 1. The number of likely N-dealkylation sites (tertiary alicyclic amines) is 1. The fourth-order valence-electron chi connectivity index (χ4n) is 4.05. The van der Waals surface area contributed by atoms with E-state index in [1.54, 1.807) is 17.2 Å². The quantitative estimate of drug-likeness (QED) is 0.680. The number of piperidine rings is 1. The van der Waals surface area contributed by atoms with E-state index in [-0.39, 0.29) is 24.4 Å². The second-order valence-corrected chi connectivity index (χ2v) is 7.30. The number of carbonyl (C=O) groups excluding carboxylic acids is 1. The molecule has 1 aliphatic heterocycles. The number of amides is 1. The number of anilines is 1. The number of pyridine rings is 1. The van der Waals surface area contributed by atoms with Crippen LogP contribution >= 0.6 is 0 Å². The molecule has 28 heavy (non-hydrogen) atoms. The number of aromatic nitrogens is 1. The first-order valence-electron chi connectivity index (χ1n) is 9.36. The Morgan fingerprint density at radius 1 is 1.21 bits per heavy atom. The number of fused-ring (bicyclic) bond motifs is 1. The molecular formula is C22H22FN3O2. The lowest BCUT2D eigenvalue weighted by atomic mass is 9.86. The summed E-state index contributed by atoms with van der Waals surface area (Å²) in [4.78, 5) is 17.7. The first kappa shape index (κ1) is 18.4. The van der Waals surface area contributed by atoms with Gasteiger partial charge in [-0.1, -0.05) is 24.3 Å². The molecule has 0 aliphatic carbocycles. The number of nitrogens with zero attached hydrogens (tertiary/aromatic N) is 2. The van der Waals surface area contributed by atoms with Gasteiger partial charge in [0.05, 0.1) is 6.04 Å². The summed E-state index contributed by atoms with van der Waals surface area (Å²) in [7, 11) is 0. The Morgan fingerprint density at radius 2 is 2.04 bits per heavy atom. The van der Waals surface area contributed by atoms with Crippen LogP contribution < -0.4 is 5.73 Å². The summed E-state index contributed by atoms with van der Waals surface area (Å²) in [5.74, 6) is 0.251. The molecule has 1 fully saturated rings. The lowest BCUT2D eigenvalue weighted by Gasteiger charge is -2.37. The molecule has 0 radical (unpaired) electrons. The van der Waals surface area contributed by atoms with Gasteiger partial charge in [-0.3, -0.25) is 4.79 Å². The van der Waals surface area contributed by atoms with Crippen molar-refractivity contribution in [2.75, 3.05) is 18.9 Å². The van der Waals surface area contributed by atoms with E-state index in [2.05, 4.69) is 4.98 Å². The SMILES string of the molecule is Nc1ncc(C2CC(CO)CCN2C=O)c2ccc(-c3cccc(F)c3)cc12. The van der Waals surface area contributed by atoms with E-state index in [4.69, 9.17) is 5.73 Å². The molecule has 144 valence electrons. The molecule has 0 bridgehead atoms. The van der Waals surface area contributed by atoms with Crippen LogP contribution in [0.1, 0.15) is 24.4 Å². The number of nitrogens with two attached hydrogens (primary N) is 1. The zero-order chi connectivity index (χ0) is 19.7. The van der Waals surface area contributed by atoms with Crippen LogP contribution in [-0.4, -0.2) is 34.6 Å². The van der Waals surface area contributed by atoms with Gasteiger partial charge < -0.3 is 15.7 Å². The van der Waals surface area contributed by atoms with Gasteiger partial charge in [0.15, 0.2) is 0 Å². The van der Waals surface area contributed by atoms with E-state index >= 15 is 0 Å². The van der Waals surface area contributed by atoms with Crippen molar-refractivity contribution in [3.05, 3.63) is 60.0 Å². The van der Waals surface area contributed by atoms with Crippen molar-refractivity contribution in [3.8, 4) is 11.1 Å². The zero-order valence-corrected chi connectivity index (χ0v) is 15.4. The third-order valence-corrected chi connectivity index (χ3v) is 5.61. The van der Waals surface area contributed by atoms with Crippen LogP contribution in [-0.2, 0) is 4.79 Å². The molecule has 2 atom stereocenters. The molecule has 2 aromatic carbocycles. The smallest absolute Gasteiger partial charge is 0.210 e. The molecule has 1 amide bonds. The molecule has 5 nitrogen and oxygen atoms in total. The minimum absolute atomic E-state index is 0.104. The van der Waals surface area contributed by atoms with Crippen molar-refractivity contribution in [2.45, 2.75) is 18.9 Å². The van der Waals surface area contributed by atoms with E-state index in [0.29, 0.717) is 18.8 Å². The zero-order valence-electron chi connectivity index (χ0n) is 15.4. The van der Waals surface area contributed by atoms with Crippen LogP contribution in [0.2, 0.25) is 0 Å². The summed E-state index contributed by atoms with van der Waals surface area (Å²) >= 11 is 0. The van der Waals surface area contributed by atoms with Gasteiger partial charge in [-0.05, 0) is 53.5 Å². The highest BCUT2D eigenvalue weighted by Gasteiger charge is 2.30. The van der Waals surface area contributed by atoms with Crippen LogP contribution in [0.5, 0.6) is 0 Å². The molecule has 1 saturated heterocycles. The van der Waals surface area contributed by atoms with Gasteiger partial charge in [0.1, 0.15) is 11.6 Å². The number of aliphatic hydroxyl groups is 1. The minimum atomic E-state index is -0.295. The summed E-state index contributed by atoms with van der Waals surface area (Å²) in [6, 6.07) is 12.0. The third-order valence-electron chi connectivity index (χ3n) is 5.61. The molecule has 0 spiro atoms. The second kappa shape index (κ2) is 7.56. The lowest BCUT2D eigenvalue weighted by Crippen LogP contribution is -2.37. The molecule has 3 aromatic rings. The predicted molar refractivity (Wildman–Crippen MR) is 107 cm³/mol. The Morgan fingerprint density at radius 3 is 2.79 bits per heavy atom. The first-order chi connectivity index (χ1) is 13.6. The first-order valence-corrected chi connectivity index (χ1v) is 9.36. The van der Waals surface area contributed by atoms with Gasteiger partial charge in [0, 0.05) is 30.3 Å². The van der Waals surface area contributed by atoms with Crippen LogP contribution in [0, 0.1) is 11.7 Å². The van der Waals surface area contributed by atoms with E-state index in [1.165, 1.54) is 12.1 Å². The van der Waals surface area contributed by atoms with Gasteiger partial charge in [-0.15, -0.1) is 0 Å². The summed E-state index contributed by atoms with van der Waals surface area (Å²) < 4.78 is 13.6. The molecular weight excluding hydrogens is 357 g/mol. The number of nitrogen functional groups attached to an aromatic ring is 1. The highest BCUT2D eigenvalue weighted by Crippen LogP contribution is 2.38. The number of aliphatic hydroxyl groups excluding tert-OH is 1. The summed E-state index contributed by atoms with van der Waals surface area (Å²) in [5, 5.41) is 11.3. The summed E-state index contributed by atoms with van der Waals surface area (Å²) in [6.45, 7) is 0.708. The second-order valence-electron chi connectivity index (χ2n) is 7.30. The normalized spacial score (nSPS) is 19.7. The molecule has 1 aliphatic rings. The number of halogens is 1. The maximum absolute atomic E-state index is 13.6. The van der Waals surface area contributed by atoms with Gasteiger partial charge in [-0.25, -0.2) is 9.37 Å². The van der Waals surface area contributed by atoms with Gasteiger partial charge in [0.2, 0.25) is 6.41 Å². The molecule has 2 unspecified atom stereocenters. The Hall–Kier alpha value is -2.99. The van der Waals surface area contributed by atoms with Crippen molar-refractivity contribution < 1.29 is 14.3 Å². The topological polar surface area (TPSA) is 79.5 Å². The summed E-state index contributed by atoms with van der Waals surface area (Å²) in [6.07, 6.45) is 4.05. The number of hydrogen-bond acceptors (Lipinski definition) is 4. The largest absolute Gasteiger partial charge is 0.396 e. The minimum Gasteiger partial charge on any atom is -0.396 e. The van der Waals surface area contributed by atoms with Crippen LogP contribution in [0.4, 0.5) is 10.2 Å². The van der Waals surface area contributed by atoms with E-state index < -0.39 is 0 Å². The predicted octanol–water partition coefficient (Wildman–Crippen LogP) is 3.52. The average Bonchev–Trinajstić information content (AvgIpc) is 2.73. The highest BCUT2D eigenvalue weighted by molar-refractivity contribution is 5.96. The fourth-order valence-corrected chi connectivity index (χ4v) is 4.05. The Kier molecular flexibility index (Phi) is 4.96. The Balaban J connectivity index is 1.82. The van der Waals surface area contributed by atoms with E-state index in [9.17, 15) is 14.3 Å². The maximum Gasteiger partial charge on any atom is 0.210 e. The Labute approximate surface area is 162 Å². The van der Waals surface area contributed by atoms with Crippen molar-refractivity contribution in [3.63, 3.8) is 0 Å². The standard InChI is InChI=1S/C22H22FN3O2/c23-17-3-1-2-15(9-17)16-4-5-18-19(10-16)22(24)25-11-20(18)21-8-14(12-27)6-7-26(21)13-28/h1-5,9-11,13-14,21,27H,6-8,12H2,(H2,24,25). The van der Waals surface area contributed by atoms with Gasteiger partial charge in [0.25, 0.3) is 0 Å².